The average Bonchev–Trinajstić information content (AvgIpc) is 3.25. The first-order valence-corrected chi connectivity index (χ1v) is 29.9. The molecule has 0 rings (SSSR count). The summed E-state index contributed by atoms with van der Waals surface area (Å²) in [7, 11) is 1.63. The molecular weight excluding hydrogens is 816 g/mol. The number of carbonyl (C=O) groups is 1. The molecule has 0 bridgehead atoms. The van der Waals surface area contributed by atoms with Crippen LogP contribution in [0.2, 0.25) is 0 Å². The van der Waals surface area contributed by atoms with Gasteiger partial charge in [-0.3, -0.25) is 13.8 Å². The number of hydrogen-bond acceptors (Lipinski definition) is 5. The summed E-state index contributed by atoms with van der Waals surface area (Å²) in [5.74, 6) is -0.143. The molecule has 0 aromatic carbocycles. The van der Waals surface area contributed by atoms with Crippen molar-refractivity contribution in [3.05, 3.63) is 0 Å². The lowest BCUT2D eigenvalue weighted by Crippen LogP contribution is -2.46. The van der Waals surface area contributed by atoms with Gasteiger partial charge >= 0.3 is 7.82 Å². The summed E-state index contributed by atoms with van der Waals surface area (Å²) in [6.07, 6.45) is 56.2. The molecule has 0 fully saturated rings. The maximum absolute atomic E-state index is 12.9. The molecule has 1 amide bonds. The minimum Gasteiger partial charge on any atom is -0.391 e. The van der Waals surface area contributed by atoms with E-state index < -0.39 is 20.0 Å². The molecule has 0 saturated heterocycles. The third-order valence-electron chi connectivity index (χ3n) is 13.4. The Labute approximate surface area is 399 Å². The van der Waals surface area contributed by atoms with Gasteiger partial charge in [0, 0.05) is 6.42 Å². The van der Waals surface area contributed by atoms with Crippen LogP contribution < -0.4 is 5.32 Å². The lowest BCUT2D eigenvalue weighted by atomic mass is 10.0. The largest absolute Gasteiger partial charge is 0.472 e. The number of nitrogens with zero attached hydrogens (tertiary/aromatic N) is 1. The highest BCUT2D eigenvalue weighted by Crippen LogP contribution is 2.43. The minimum absolute atomic E-state index is 0.0785. The third kappa shape index (κ3) is 49.4. The van der Waals surface area contributed by atoms with Crippen LogP contribution in [0.5, 0.6) is 0 Å². The molecule has 3 unspecified atom stereocenters. The molecule has 0 aromatic rings. The van der Waals surface area contributed by atoms with Crippen LogP contribution in [0.25, 0.3) is 0 Å². The number of unbranched alkanes of at least 4 members (excludes halogenated alkanes) is 40. The molecule has 0 spiro atoms. The first-order valence-electron chi connectivity index (χ1n) is 28.4. The van der Waals surface area contributed by atoms with Crippen LogP contribution in [0.1, 0.15) is 296 Å². The number of rotatable bonds is 53. The lowest BCUT2D eigenvalue weighted by molar-refractivity contribution is -0.870. The summed E-state index contributed by atoms with van der Waals surface area (Å²) in [6, 6.07) is -0.753. The van der Waals surface area contributed by atoms with Gasteiger partial charge in [0.25, 0.3) is 0 Å². The second kappa shape index (κ2) is 47.6. The lowest BCUT2D eigenvalue weighted by Gasteiger charge is -2.26. The van der Waals surface area contributed by atoms with Crippen molar-refractivity contribution in [1.82, 2.24) is 5.32 Å². The van der Waals surface area contributed by atoms with Gasteiger partial charge in [0.15, 0.2) is 0 Å². The summed E-state index contributed by atoms with van der Waals surface area (Å²) >= 11 is 0. The highest BCUT2D eigenvalue weighted by molar-refractivity contribution is 7.47. The summed E-state index contributed by atoms with van der Waals surface area (Å²) in [4.78, 5) is 23.1. The Morgan fingerprint density at radius 1 is 0.469 bits per heavy atom. The van der Waals surface area contributed by atoms with Crippen molar-refractivity contribution in [1.29, 1.82) is 0 Å². The molecule has 384 valence electrons. The fourth-order valence-corrected chi connectivity index (χ4v) is 9.61. The van der Waals surface area contributed by atoms with Gasteiger partial charge in [0.05, 0.1) is 39.9 Å². The Kier molecular flexibility index (Phi) is 47.2. The summed E-state index contributed by atoms with van der Waals surface area (Å²) in [6.45, 7) is 4.90. The van der Waals surface area contributed by atoms with Crippen molar-refractivity contribution >= 4 is 13.7 Å². The summed E-state index contributed by atoms with van der Waals surface area (Å²) in [5.41, 5.74) is 0. The highest BCUT2D eigenvalue weighted by Gasteiger charge is 2.28. The number of amides is 1. The van der Waals surface area contributed by atoms with E-state index in [0.29, 0.717) is 23.9 Å². The van der Waals surface area contributed by atoms with Gasteiger partial charge in [-0.05, 0) is 12.8 Å². The van der Waals surface area contributed by atoms with Gasteiger partial charge in [0.2, 0.25) is 5.91 Å². The van der Waals surface area contributed by atoms with E-state index >= 15 is 0 Å². The molecule has 0 heterocycles. The van der Waals surface area contributed by atoms with Crippen molar-refractivity contribution in [2.24, 2.45) is 0 Å². The number of nitrogens with one attached hydrogen (secondary N) is 1. The van der Waals surface area contributed by atoms with Crippen LogP contribution in [0.4, 0.5) is 0 Å². The quantitative estimate of drug-likeness (QED) is 0.0319. The molecule has 0 saturated carbocycles. The van der Waals surface area contributed by atoms with Crippen molar-refractivity contribution in [2.45, 2.75) is 309 Å². The van der Waals surface area contributed by atoms with E-state index in [4.69, 9.17) is 9.05 Å². The molecule has 3 atom stereocenters. The summed E-state index contributed by atoms with van der Waals surface area (Å²) < 4.78 is 23.7. The first kappa shape index (κ1) is 63.5. The van der Waals surface area contributed by atoms with E-state index in [1.165, 1.54) is 231 Å². The number of phosphoric ester groups is 1. The zero-order valence-electron chi connectivity index (χ0n) is 43.8. The monoisotopic (exact) mass is 930 g/mol. The topological polar surface area (TPSA) is 105 Å². The molecule has 9 heteroatoms. The molecule has 3 N–H and O–H groups in total. The molecule has 0 aliphatic carbocycles. The molecule has 0 aliphatic rings. The first-order chi connectivity index (χ1) is 31.0. The van der Waals surface area contributed by atoms with Crippen LogP contribution in [0, 0.1) is 0 Å². The second-order valence-electron chi connectivity index (χ2n) is 21.0. The van der Waals surface area contributed by atoms with Crippen LogP contribution in [-0.2, 0) is 18.4 Å². The Hall–Kier alpha value is -0.500. The number of hydrogen-bond donors (Lipinski definition) is 3. The molecule has 64 heavy (non-hydrogen) atoms. The normalized spacial score (nSPS) is 13.9. The van der Waals surface area contributed by atoms with Gasteiger partial charge in [-0.15, -0.1) is 0 Å². The standard InChI is InChI=1S/C55H113N2O6P/c1-6-8-10-12-14-16-17-18-19-20-21-22-23-24-25-26-27-28-29-30-31-32-33-34-35-36-37-38-39-41-42-44-46-48-54(58)53(52-63-64(60,61)62-51-50-57(3,4)5)56-55(59)49-47-45-43-40-15-13-11-9-7-2/h53-54,58H,6-52H2,1-5H3,(H-,56,59,60,61)/p+1. The van der Waals surface area contributed by atoms with E-state index in [1.54, 1.807) is 0 Å². The van der Waals surface area contributed by atoms with Crippen LogP contribution in [0.3, 0.4) is 0 Å². The predicted octanol–water partition coefficient (Wildman–Crippen LogP) is 16.9. The van der Waals surface area contributed by atoms with Crippen molar-refractivity contribution in [2.75, 3.05) is 40.9 Å². The van der Waals surface area contributed by atoms with E-state index in [1.807, 2.05) is 21.1 Å². The second-order valence-corrected chi connectivity index (χ2v) is 22.5. The van der Waals surface area contributed by atoms with Crippen molar-refractivity contribution < 1.29 is 32.9 Å². The molecule has 0 aliphatic heterocycles. The Morgan fingerprint density at radius 3 is 1.05 bits per heavy atom. The molecule has 8 nitrogen and oxygen atoms in total. The van der Waals surface area contributed by atoms with E-state index in [0.717, 1.165) is 38.5 Å². The van der Waals surface area contributed by atoms with Crippen LogP contribution in [-0.4, -0.2) is 73.4 Å². The van der Waals surface area contributed by atoms with Gasteiger partial charge in [-0.25, -0.2) is 4.57 Å². The Bertz CT molecular complexity index is 1010. The maximum atomic E-state index is 12.9. The number of likely N-dealkylation sites (N-methyl/N-ethyl adjacent to an activating group) is 1. The third-order valence-corrected chi connectivity index (χ3v) is 14.3. The van der Waals surface area contributed by atoms with Gasteiger partial charge in [-0.1, -0.05) is 277 Å². The number of phosphoric acid groups is 1. The van der Waals surface area contributed by atoms with Gasteiger partial charge in [-0.2, -0.15) is 0 Å². The van der Waals surface area contributed by atoms with Crippen LogP contribution >= 0.6 is 7.82 Å². The Balaban J connectivity index is 3.87. The molecular formula is C55H114N2O6P+. The number of aliphatic hydroxyl groups excluding tert-OH is 1. The molecule has 0 aromatic heterocycles. The zero-order valence-corrected chi connectivity index (χ0v) is 44.7. The minimum atomic E-state index is -4.31. The van der Waals surface area contributed by atoms with Crippen molar-refractivity contribution in [3.63, 3.8) is 0 Å². The SMILES string of the molecule is CCCCCCCCCCCCCCCCCCCCCCCCCCCCCCCCCCCC(O)C(COP(=O)(O)OCC[N+](C)(C)C)NC(=O)CCCCCCCCCCC. The number of quaternary nitrogens is 1. The maximum Gasteiger partial charge on any atom is 0.472 e. The van der Waals surface area contributed by atoms with E-state index in [2.05, 4.69) is 19.2 Å². The van der Waals surface area contributed by atoms with Crippen molar-refractivity contribution in [3.8, 4) is 0 Å². The van der Waals surface area contributed by atoms with Crippen LogP contribution in [0.15, 0.2) is 0 Å². The smallest absolute Gasteiger partial charge is 0.391 e. The predicted molar refractivity (Wildman–Crippen MR) is 277 cm³/mol. The summed E-state index contributed by atoms with van der Waals surface area (Å²) in [5, 5.41) is 14.0. The van der Waals surface area contributed by atoms with Gasteiger partial charge in [0.1, 0.15) is 13.2 Å². The fourth-order valence-electron chi connectivity index (χ4n) is 8.87. The highest BCUT2D eigenvalue weighted by atomic mass is 31.2. The van der Waals surface area contributed by atoms with Gasteiger partial charge < -0.3 is 19.8 Å². The average molecular weight is 930 g/mol. The Morgan fingerprint density at radius 2 is 0.750 bits per heavy atom. The van der Waals surface area contributed by atoms with E-state index in [-0.39, 0.29) is 19.1 Å². The number of carbonyl (C=O) groups excluding carboxylic acids is 1. The molecule has 0 radical (unpaired) electrons. The zero-order chi connectivity index (χ0) is 47.1. The fraction of sp³-hybridized carbons (Fsp3) is 0.982. The van der Waals surface area contributed by atoms with E-state index in [9.17, 15) is 19.4 Å². The number of aliphatic hydroxyl groups is 1.